The number of rotatable bonds is 5. The van der Waals surface area contributed by atoms with Crippen LogP contribution >= 0.6 is 0 Å². The lowest BCUT2D eigenvalue weighted by Gasteiger charge is -2.15. The molecule has 0 aliphatic heterocycles. The van der Waals surface area contributed by atoms with E-state index in [1.54, 1.807) is 0 Å². The van der Waals surface area contributed by atoms with Crippen molar-refractivity contribution in [2.24, 2.45) is 0 Å². The van der Waals surface area contributed by atoms with Gasteiger partial charge in [-0.15, -0.1) is 0 Å². The van der Waals surface area contributed by atoms with E-state index in [-0.39, 0.29) is 0 Å². The Bertz CT molecular complexity index is 3490. The zero-order valence-electron chi connectivity index (χ0n) is 30.6. The Labute approximate surface area is 328 Å². The predicted octanol–water partition coefficient (Wildman–Crippen LogP) is 14.3. The maximum absolute atomic E-state index is 7.78. The molecular weight excluding hydrogens is 693 g/mol. The molecule has 0 aliphatic carbocycles. The summed E-state index contributed by atoms with van der Waals surface area (Å²) < 4.78 is 2.32. The predicted molar refractivity (Wildman–Crippen MR) is 237 cm³/mol. The van der Waals surface area contributed by atoms with Crippen molar-refractivity contribution in [2.45, 2.75) is 0 Å². The molecule has 0 N–H and O–H groups in total. The summed E-state index contributed by atoms with van der Waals surface area (Å²) in [6.07, 6.45) is 3.62. The zero-order valence-corrected chi connectivity index (χ0v) is 30.6. The van der Waals surface area contributed by atoms with Crippen LogP contribution in [0.25, 0.3) is 120 Å². The first-order valence-electron chi connectivity index (χ1n) is 19.2. The molecule has 0 atom stereocenters. The molecule has 0 unspecified atom stereocenters. The highest BCUT2D eigenvalue weighted by Gasteiger charge is 2.19. The largest absolute Gasteiger partial charge is 0.310 e. The summed E-state index contributed by atoms with van der Waals surface area (Å²) in [5.74, 6) is 0. The van der Waals surface area contributed by atoms with E-state index < -0.39 is 0 Å². The van der Waals surface area contributed by atoms with Gasteiger partial charge in [-0.1, -0.05) is 84.9 Å². The first-order valence-corrected chi connectivity index (χ1v) is 19.2. The summed E-state index contributed by atoms with van der Waals surface area (Å²) in [6, 6.07) is 61.0. The number of hydrogen-bond acceptors (Lipinski definition) is 2. The fourth-order valence-corrected chi connectivity index (χ4v) is 9.12. The SMILES string of the molecule is [C-]#[N+]c1cc2ccc3cc(-c4ccc(-c5cc6ccc7cc(-c8cccc(-c9ccncc9)n8)cc8ccc(c5)c6c78)cc4)cc4c3c2c(c1)n4-c1ccccc1. The van der Waals surface area contributed by atoms with Crippen LogP contribution in [0, 0.1) is 6.57 Å². The third kappa shape index (κ3) is 4.86. The highest BCUT2D eigenvalue weighted by molar-refractivity contribution is 6.26. The fourth-order valence-electron chi connectivity index (χ4n) is 9.12. The average molecular weight is 723 g/mol. The normalized spacial score (nSPS) is 11.8. The van der Waals surface area contributed by atoms with Gasteiger partial charge >= 0.3 is 0 Å². The third-order valence-corrected chi connectivity index (χ3v) is 11.7. The maximum atomic E-state index is 7.78. The number of aromatic nitrogens is 3. The lowest BCUT2D eigenvalue weighted by atomic mass is 9.89. The van der Waals surface area contributed by atoms with Gasteiger partial charge in [0.1, 0.15) is 0 Å². The lowest BCUT2D eigenvalue weighted by molar-refractivity contribution is 1.18. The monoisotopic (exact) mass is 722 g/mol. The molecule has 262 valence electrons. The van der Waals surface area contributed by atoms with Crippen molar-refractivity contribution in [1.29, 1.82) is 0 Å². The summed E-state index contributed by atoms with van der Waals surface area (Å²) >= 11 is 0. The van der Waals surface area contributed by atoms with Crippen LogP contribution in [0.5, 0.6) is 0 Å². The van der Waals surface area contributed by atoms with Crippen LogP contribution in [-0.4, -0.2) is 14.5 Å². The molecule has 3 aromatic heterocycles. The van der Waals surface area contributed by atoms with Crippen molar-refractivity contribution in [3.8, 4) is 50.5 Å². The van der Waals surface area contributed by atoms with Crippen LogP contribution in [0.1, 0.15) is 0 Å². The molecule has 0 fully saturated rings. The van der Waals surface area contributed by atoms with Crippen LogP contribution in [-0.2, 0) is 0 Å². The number of hydrogen-bond donors (Lipinski definition) is 0. The number of benzene rings is 9. The number of nitrogens with zero attached hydrogens (tertiary/aromatic N) is 4. The van der Waals surface area contributed by atoms with Gasteiger partial charge in [-0.25, -0.2) is 9.83 Å². The fraction of sp³-hybridized carbons (Fsp3) is 0. The number of para-hydroxylation sites is 1. The standard InChI is InChI=1S/C53H30N4/c1-54-44-29-40-19-18-39-26-42(30-48-52(39)53(40)49(31-44)57(48)45-6-3-2-4-7-45)33-12-10-32(11-13-33)41-24-35-14-16-37-27-43(28-38-17-15-36(25-41)50(35)51(37)38)47-9-5-8-46(56-47)34-20-22-55-23-21-34/h2-31H. The molecule has 4 nitrogen and oxygen atoms in total. The van der Waals surface area contributed by atoms with Crippen LogP contribution in [0.15, 0.2) is 182 Å². The Morgan fingerprint density at radius 1 is 0.386 bits per heavy atom. The second-order valence-corrected chi connectivity index (χ2v) is 15.0. The van der Waals surface area contributed by atoms with Gasteiger partial charge in [0.25, 0.3) is 0 Å². The molecule has 4 heteroatoms. The summed E-state index contributed by atoms with van der Waals surface area (Å²) in [6.45, 7) is 7.78. The molecule has 3 heterocycles. The molecule has 0 radical (unpaired) electrons. The van der Waals surface area contributed by atoms with Crippen molar-refractivity contribution in [2.75, 3.05) is 0 Å². The van der Waals surface area contributed by atoms with Crippen molar-refractivity contribution >= 4 is 70.6 Å². The molecule has 0 bridgehead atoms. The Hall–Kier alpha value is -7.87. The average Bonchev–Trinajstić information content (AvgIpc) is 3.62. The van der Waals surface area contributed by atoms with E-state index in [1.165, 1.54) is 59.6 Å². The van der Waals surface area contributed by atoms with Gasteiger partial charge in [-0.2, -0.15) is 0 Å². The van der Waals surface area contributed by atoms with Crippen molar-refractivity contribution in [3.63, 3.8) is 0 Å². The molecule has 0 saturated carbocycles. The summed E-state index contributed by atoms with van der Waals surface area (Å²) in [7, 11) is 0. The molecule has 9 aromatic carbocycles. The van der Waals surface area contributed by atoms with E-state index in [9.17, 15) is 0 Å². The van der Waals surface area contributed by atoms with Crippen molar-refractivity contribution in [1.82, 2.24) is 14.5 Å². The highest BCUT2D eigenvalue weighted by atomic mass is 15.0. The van der Waals surface area contributed by atoms with Gasteiger partial charge in [0.05, 0.1) is 23.5 Å². The smallest absolute Gasteiger partial charge is 0.189 e. The van der Waals surface area contributed by atoms with E-state index in [2.05, 4.69) is 154 Å². The third-order valence-electron chi connectivity index (χ3n) is 11.7. The molecule has 0 spiro atoms. The van der Waals surface area contributed by atoms with Gasteiger partial charge < -0.3 is 4.57 Å². The minimum Gasteiger partial charge on any atom is -0.310 e. The molecule has 12 aromatic rings. The number of pyridine rings is 2. The molecule has 0 aliphatic rings. The van der Waals surface area contributed by atoms with Crippen LogP contribution < -0.4 is 0 Å². The first kappa shape index (κ1) is 31.5. The quantitative estimate of drug-likeness (QED) is 0.131. The van der Waals surface area contributed by atoms with E-state index in [4.69, 9.17) is 11.6 Å². The molecular formula is C53H30N4. The van der Waals surface area contributed by atoms with E-state index in [0.29, 0.717) is 5.69 Å². The Balaban J connectivity index is 0.934. The van der Waals surface area contributed by atoms with Crippen LogP contribution in [0.4, 0.5) is 5.69 Å². The van der Waals surface area contributed by atoms with Gasteiger partial charge in [0, 0.05) is 45.5 Å². The van der Waals surface area contributed by atoms with E-state index >= 15 is 0 Å². The Morgan fingerprint density at radius 2 is 0.877 bits per heavy atom. The highest BCUT2D eigenvalue weighted by Crippen LogP contribution is 2.44. The molecule has 57 heavy (non-hydrogen) atoms. The van der Waals surface area contributed by atoms with Crippen molar-refractivity contribution < 1.29 is 0 Å². The minimum absolute atomic E-state index is 0.652. The second-order valence-electron chi connectivity index (χ2n) is 15.0. The van der Waals surface area contributed by atoms with Gasteiger partial charge in [-0.3, -0.25) is 4.98 Å². The van der Waals surface area contributed by atoms with E-state index in [0.717, 1.165) is 55.7 Å². The summed E-state index contributed by atoms with van der Waals surface area (Å²) in [5, 5.41) is 12.2. The van der Waals surface area contributed by atoms with Crippen LogP contribution in [0.2, 0.25) is 0 Å². The zero-order chi connectivity index (χ0) is 37.6. The van der Waals surface area contributed by atoms with Crippen molar-refractivity contribution in [3.05, 3.63) is 194 Å². The summed E-state index contributed by atoms with van der Waals surface area (Å²) in [5.41, 5.74) is 12.7. The molecule has 12 rings (SSSR count). The minimum atomic E-state index is 0.652. The topological polar surface area (TPSA) is 35.1 Å². The molecule has 0 amide bonds. The lowest BCUT2D eigenvalue weighted by Crippen LogP contribution is -1.93. The first-order chi connectivity index (χ1) is 28.2. The van der Waals surface area contributed by atoms with E-state index in [1.807, 2.05) is 42.7 Å². The maximum Gasteiger partial charge on any atom is 0.189 e. The van der Waals surface area contributed by atoms with Gasteiger partial charge in [0.15, 0.2) is 5.69 Å². The second kappa shape index (κ2) is 12.1. The molecule has 0 saturated heterocycles. The summed E-state index contributed by atoms with van der Waals surface area (Å²) in [4.78, 5) is 13.0. The van der Waals surface area contributed by atoms with Crippen LogP contribution in [0.3, 0.4) is 0 Å². The van der Waals surface area contributed by atoms with Gasteiger partial charge in [0.2, 0.25) is 0 Å². The Kier molecular flexibility index (Phi) is 6.66. The Morgan fingerprint density at radius 3 is 1.46 bits per heavy atom. The van der Waals surface area contributed by atoms with Gasteiger partial charge in [-0.05, 0) is 150 Å².